The minimum atomic E-state index is 1.10. The molecule has 0 saturated heterocycles. The Balaban J connectivity index is 1.22. The molecule has 0 radical (unpaired) electrons. The minimum absolute atomic E-state index is 1.10. The molecule has 0 aliphatic rings. The van der Waals surface area contributed by atoms with Gasteiger partial charge in [0.25, 0.3) is 0 Å². The Hall–Kier alpha value is -7.42. The fraction of sp³-hybridized carbons (Fsp3) is 0. The summed E-state index contributed by atoms with van der Waals surface area (Å²) in [6.07, 6.45) is 0. The molecule has 0 fully saturated rings. The second-order valence-corrected chi connectivity index (χ2v) is 14.1. The molecule has 0 spiro atoms. The number of para-hydroxylation sites is 2. The fourth-order valence-corrected chi connectivity index (χ4v) is 8.26. The lowest BCUT2D eigenvalue weighted by Crippen LogP contribution is -2.10. The maximum atomic E-state index is 2.44. The quantitative estimate of drug-likeness (QED) is 0.152. The van der Waals surface area contributed by atoms with Gasteiger partial charge >= 0.3 is 0 Å². The Morgan fingerprint density at radius 3 is 1.36 bits per heavy atom. The molecular weight excluding hydrogens is 677 g/mol. The predicted octanol–water partition coefficient (Wildman–Crippen LogP) is 14.9. The summed E-state index contributed by atoms with van der Waals surface area (Å²) < 4.78 is 2.44. The summed E-state index contributed by atoms with van der Waals surface area (Å²) in [7, 11) is 0. The van der Waals surface area contributed by atoms with Crippen LogP contribution < -0.4 is 4.90 Å². The Morgan fingerprint density at radius 1 is 0.304 bits per heavy atom. The van der Waals surface area contributed by atoms with Gasteiger partial charge in [-0.1, -0.05) is 176 Å². The van der Waals surface area contributed by atoms with Gasteiger partial charge in [0.15, 0.2) is 0 Å². The highest BCUT2D eigenvalue weighted by Gasteiger charge is 2.22. The molecule has 10 aromatic rings. The lowest BCUT2D eigenvalue weighted by atomic mass is 9.93. The summed E-state index contributed by atoms with van der Waals surface area (Å²) in [5.41, 5.74) is 16.3. The predicted molar refractivity (Wildman–Crippen MR) is 237 cm³/mol. The number of hydrogen-bond acceptors (Lipinski definition) is 1. The van der Waals surface area contributed by atoms with Crippen molar-refractivity contribution in [2.24, 2.45) is 0 Å². The van der Waals surface area contributed by atoms with Crippen LogP contribution in [0.25, 0.3) is 72.0 Å². The van der Waals surface area contributed by atoms with Gasteiger partial charge in [-0.15, -0.1) is 0 Å². The molecule has 2 nitrogen and oxygen atoms in total. The summed E-state index contributed by atoms with van der Waals surface area (Å²) in [6.45, 7) is 0. The van der Waals surface area contributed by atoms with Crippen LogP contribution in [-0.4, -0.2) is 4.57 Å². The van der Waals surface area contributed by atoms with Crippen molar-refractivity contribution in [2.75, 3.05) is 4.90 Å². The zero-order valence-corrected chi connectivity index (χ0v) is 30.8. The first kappa shape index (κ1) is 33.2. The molecule has 0 saturated carbocycles. The number of hydrogen-bond donors (Lipinski definition) is 0. The second-order valence-electron chi connectivity index (χ2n) is 14.1. The van der Waals surface area contributed by atoms with Crippen molar-refractivity contribution in [3.8, 4) is 50.2 Å². The van der Waals surface area contributed by atoms with Crippen molar-refractivity contribution in [1.82, 2.24) is 4.57 Å². The average molecular weight is 715 g/mol. The Labute approximate surface area is 327 Å². The summed E-state index contributed by atoms with van der Waals surface area (Å²) in [5.74, 6) is 0. The van der Waals surface area contributed by atoms with Crippen LogP contribution in [0.4, 0.5) is 17.1 Å². The van der Waals surface area contributed by atoms with Gasteiger partial charge < -0.3 is 9.47 Å². The zero-order valence-electron chi connectivity index (χ0n) is 30.8. The van der Waals surface area contributed by atoms with Crippen molar-refractivity contribution in [3.05, 3.63) is 231 Å². The molecule has 0 N–H and O–H groups in total. The summed E-state index contributed by atoms with van der Waals surface area (Å²) in [5, 5.41) is 2.41. The van der Waals surface area contributed by atoms with Gasteiger partial charge in [0.1, 0.15) is 0 Å². The third-order valence-corrected chi connectivity index (χ3v) is 10.8. The molecule has 0 aliphatic carbocycles. The monoisotopic (exact) mass is 714 g/mol. The van der Waals surface area contributed by atoms with E-state index in [1.807, 2.05) is 0 Å². The second kappa shape index (κ2) is 14.4. The topological polar surface area (TPSA) is 8.17 Å². The van der Waals surface area contributed by atoms with E-state index in [0.29, 0.717) is 0 Å². The van der Waals surface area contributed by atoms with Crippen molar-refractivity contribution in [1.29, 1.82) is 0 Å². The van der Waals surface area contributed by atoms with Crippen LogP contribution >= 0.6 is 0 Å². The number of anilines is 3. The van der Waals surface area contributed by atoms with Crippen LogP contribution in [0.1, 0.15) is 0 Å². The number of nitrogens with zero attached hydrogens (tertiary/aromatic N) is 2. The molecule has 10 rings (SSSR count). The molecular formula is C54H38N2. The Morgan fingerprint density at radius 2 is 0.768 bits per heavy atom. The maximum absolute atomic E-state index is 2.44. The number of benzene rings is 9. The van der Waals surface area contributed by atoms with Crippen LogP contribution in [0.5, 0.6) is 0 Å². The van der Waals surface area contributed by atoms with E-state index in [9.17, 15) is 0 Å². The standard InChI is InChI=1S/C54H38N2/c1-6-19-39(20-7-1)46-35-33-44(37-49(46)41-23-10-3-11-24-41)55(43-27-14-5-15-28-43)52-31-18-32-53-54(52)48-29-16-17-30-51(48)56(53)45-34-36-47(40-21-8-2-9-22-40)50(38-45)42-25-12-4-13-26-42/h1-38H. The van der Waals surface area contributed by atoms with Gasteiger partial charge in [0.2, 0.25) is 0 Å². The number of aromatic nitrogens is 1. The SMILES string of the molecule is c1ccc(-c2ccc(N(c3ccccc3)c3cccc4c3c3ccccc3n4-c3ccc(-c4ccccc4)c(-c4ccccc4)c3)cc2-c2ccccc2)cc1. The van der Waals surface area contributed by atoms with Crippen LogP contribution in [0, 0.1) is 0 Å². The number of rotatable bonds is 8. The molecule has 0 bridgehead atoms. The van der Waals surface area contributed by atoms with E-state index >= 15 is 0 Å². The van der Waals surface area contributed by atoms with Crippen LogP contribution in [-0.2, 0) is 0 Å². The highest BCUT2D eigenvalue weighted by atomic mass is 15.1. The Bertz CT molecular complexity index is 2930. The molecule has 0 amide bonds. The summed E-state index contributed by atoms with van der Waals surface area (Å²) in [6, 6.07) is 83.0. The normalized spacial score (nSPS) is 11.2. The first-order chi connectivity index (χ1) is 27.8. The maximum Gasteiger partial charge on any atom is 0.0562 e. The fourth-order valence-electron chi connectivity index (χ4n) is 8.26. The molecule has 264 valence electrons. The molecule has 56 heavy (non-hydrogen) atoms. The number of fused-ring (bicyclic) bond motifs is 3. The van der Waals surface area contributed by atoms with Crippen LogP contribution in [0.2, 0.25) is 0 Å². The highest BCUT2D eigenvalue weighted by Crippen LogP contribution is 2.46. The molecule has 0 atom stereocenters. The van der Waals surface area contributed by atoms with Crippen molar-refractivity contribution >= 4 is 38.9 Å². The van der Waals surface area contributed by atoms with Gasteiger partial charge in [0, 0.05) is 27.8 Å². The summed E-state index contributed by atoms with van der Waals surface area (Å²) in [4.78, 5) is 2.42. The van der Waals surface area contributed by atoms with Crippen LogP contribution in [0.3, 0.4) is 0 Å². The first-order valence-electron chi connectivity index (χ1n) is 19.2. The van der Waals surface area contributed by atoms with Gasteiger partial charge in [-0.2, -0.15) is 0 Å². The van der Waals surface area contributed by atoms with E-state index in [1.165, 1.54) is 60.8 Å². The molecule has 1 heterocycles. The van der Waals surface area contributed by atoms with E-state index in [4.69, 9.17) is 0 Å². The lowest BCUT2D eigenvalue weighted by Gasteiger charge is -2.27. The van der Waals surface area contributed by atoms with Crippen molar-refractivity contribution in [2.45, 2.75) is 0 Å². The molecule has 1 aromatic heterocycles. The van der Waals surface area contributed by atoms with Crippen LogP contribution in [0.15, 0.2) is 231 Å². The highest BCUT2D eigenvalue weighted by molar-refractivity contribution is 6.16. The van der Waals surface area contributed by atoms with E-state index in [-0.39, 0.29) is 0 Å². The van der Waals surface area contributed by atoms with E-state index < -0.39 is 0 Å². The van der Waals surface area contributed by atoms with Gasteiger partial charge in [0.05, 0.1) is 16.7 Å². The first-order valence-corrected chi connectivity index (χ1v) is 19.2. The van der Waals surface area contributed by atoms with Crippen molar-refractivity contribution < 1.29 is 0 Å². The molecule has 2 heteroatoms. The third kappa shape index (κ3) is 5.95. The summed E-state index contributed by atoms with van der Waals surface area (Å²) >= 11 is 0. The Kier molecular flexibility index (Phi) is 8.55. The minimum Gasteiger partial charge on any atom is -0.310 e. The molecule has 0 unspecified atom stereocenters. The average Bonchev–Trinajstić information content (AvgIpc) is 3.63. The molecule has 0 aliphatic heterocycles. The largest absolute Gasteiger partial charge is 0.310 e. The smallest absolute Gasteiger partial charge is 0.0562 e. The van der Waals surface area contributed by atoms with Gasteiger partial charge in [-0.25, -0.2) is 0 Å². The van der Waals surface area contributed by atoms with E-state index in [0.717, 1.165) is 28.3 Å². The van der Waals surface area contributed by atoms with E-state index in [1.54, 1.807) is 0 Å². The molecule has 9 aromatic carbocycles. The van der Waals surface area contributed by atoms with Gasteiger partial charge in [-0.3, -0.25) is 0 Å². The van der Waals surface area contributed by atoms with Crippen molar-refractivity contribution in [3.63, 3.8) is 0 Å². The van der Waals surface area contributed by atoms with E-state index in [2.05, 4.69) is 240 Å². The van der Waals surface area contributed by atoms with Gasteiger partial charge in [-0.05, 0) is 99.1 Å². The lowest BCUT2D eigenvalue weighted by molar-refractivity contribution is 1.18. The zero-order chi connectivity index (χ0) is 37.3. The third-order valence-electron chi connectivity index (χ3n) is 10.8.